The summed E-state index contributed by atoms with van der Waals surface area (Å²) < 4.78 is 5.79. The van der Waals surface area contributed by atoms with E-state index in [9.17, 15) is 0 Å². The predicted octanol–water partition coefficient (Wildman–Crippen LogP) is 12.6. The zero-order valence-electron chi connectivity index (χ0n) is 28.1. The Morgan fingerprint density at radius 1 is 0.415 bits per heavy atom. The minimum Gasteiger partial charge on any atom is -0.278 e. The summed E-state index contributed by atoms with van der Waals surface area (Å²) in [6, 6.07) is 57.3. The summed E-state index contributed by atoms with van der Waals surface area (Å²) in [5.41, 5.74) is 8.56. The highest BCUT2D eigenvalue weighted by molar-refractivity contribution is 7.26. The Morgan fingerprint density at radius 2 is 1.04 bits per heavy atom. The molecule has 0 aliphatic carbocycles. The zero-order chi connectivity index (χ0) is 34.9. The highest BCUT2D eigenvalue weighted by Crippen LogP contribution is 2.44. The number of nitrogens with zero attached hydrogens (tertiary/aromatic N) is 5. The van der Waals surface area contributed by atoms with Crippen molar-refractivity contribution in [3.8, 4) is 50.4 Å². The van der Waals surface area contributed by atoms with Crippen molar-refractivity contribution in [1.82, 2.24) is 24.5 Å². The lowest BCUT2D eigenvalue weighted by Gasteiger charge is -2.11. The van der Waals surface area contributed by atoms with Crippen LogP contribution in [0.5, 0.6) is 0 Å². The minimum atomic E-state index is 0.593. The zero-order valence-corrected chi connectivity index (χ0v) is 29.8. The average molecular weight is 714 g/mol. The molecule has 7 heteroatoms. The molecule has 0 aliphatic rings. The van der Waals surface area contributed by atoms with Gasteiger partial charge in [0.15, 0.2) is 11.6 Å². The fourth-order valence-corrected chi connectivity index (χ4v) is 9.74. The van der Waals surface area contributed by atoms with Gasteiger partial charge in [-0.15, -0.1) is 22.7 Å². The van der Waals surface area contributed by atoms with Gasteiger partial charge >= 0.3 is 0 Å². The molecule has 0 atom stereocenters. The van der Waals surface area contributed by atoms with Crippen molar-refractivity contribution in [2.24, 2.45) is 0 Å². The maximum absolute atomic E-state index is 5.29. The first-order valence-corrected chi connectivity index (χ1v) is 19.1. The normalized spacial score (nSPS) is 11.8. The highest BCUT2D eigenvalue weighted by Gasteiger charge is 2.21. The van der Waals surface area contributed by atoms with Gasteiger partial charge in [-0.3, -0.25) is 4.57 Å². The van der Waals surface area contributed by atoms with Crippen LogP contribution in [0.4, 0.5) is 0 Å². The third kappa shape index (κ3) is 4.89. The van der Waals surface area contributed by atoms with Crippen LogP contribution in [0.15, 0.2) is 164 Å². The lowest BCUT2D eigenvalue weighted by atomic mass is 9.99. The fraction of sp³-hybridized carbons (Fsp3) is 0. The smallest absolute Gasteiger partial charge is 0.238 e. The summed E-state index contributed by atoms with van der Waals surface area (Å²) in [6.45, 7) is 0. The second-order valence-electron chi connectivity index (χ2n) is 13.0. The molecule has 7 aromatic carbocycles. The number of hydrogen-bond acceptors (Lipinski definition) is 6. The van der Waals surface area contributed by atoms with Crippen molar-refractivity contribution >= 4 is 74.9 Å². The number of fused-ring (bicyclic) bond motifs is 7. The molecule has 4 heterocycles. The lowest BCUT2D eigenvalue weighted by Crippen LogP contribution is -2.06. The van der Waals surface area contributed by atoms with Crippen LogP contribution in [0.3, 0.4) is 0 Å². The Labute approximate surface area is 312 Å². The molecule has 5 nitrogen and oxygen atoms in total. The van der Waals surface area contributed by atoms with Gasteiger partial charge in [-0.25, -0.2) is 9.97 Å². The van der Waals surface area contributed by atoms with Crippen molar-refractivity contribution in [3.05, 3.63) is 164 Å². The summed E-state index contributed by atoms with van der Waals surface area (Å²) in [5, 5.41) is 5.69. The number of thiazole rings is 1. The SMILES string of the molecule is c1ccc(-c2nc(-c3cccc4sc5c(-c6cccc(-c7nc8ccccc8s7)c6)cccc5c34)nc(-n3c4ccccc4c4ccccc43)n2)cc1. The van der Waals surface area contributed by atoms with E-state index >= 15 is 0 Å². The van der Waals surface area contributed by atoms with Crippen LogP contribution < -0.4 is 0 Å². The molecule has 0 radical (unpaired) electrons. The van der Waals surface area contributed by atoms with Gasteiger partial charge in [0, 0.05) is 47.6 Å². The van der Waals surface area contributed by atoms with Crippen LogP contribution >= 0.6 is 22.7 Å². The van der Waals surface area contributed by atoms with Crippen LogP contribution in [0.1, 0.15) is 0 Å². The number of aromatic nitrogens is 5. The van der Waals surface area contributed by atoms with Gasteiger partial charge in [0.05, 0.1) is 21.3 Å². The van der Waals surface area contributed by atoms with E-state index in [1.165, 1.54) is 30.6 Å². The summed E-state index contributed by atoms with van der Waals surface area (Å²) in [6.07, 6.45) is 0. The summed E-state index contributed by atoms with van der Waals surface area (Å²) in [4.78, 5) is 20.6. The van der Waals surface area contributed by atoms with E-state index in [-0.39, 0.29) is 0 Å². The van der Waals surface area contributed by atoms with Gasteiger partial charge in [0.2, 0.25) is 5.95 Å². The molecular formula is C46H27N5S2. The van der Waals surface area contributed by atoms with Gasteiger partial charge in [0.25, 0.3) is 0 Å². The molecule has 0 fully saturated rings. The van der Waals surface area contributed by atoms with Crippen molar-refractivity contribution in [2.45, 2.75) is 0 Å². The molecule has 53 heavy (non-hydrogen) atoms. The Kier molecular flexibility index (Phi) is 6.83. The Balaban J connectivity index is 1.12. The van der Waals surface area contributed by atoms with Gasteiger partial charge in [-0.05, 0) is 47.5 Å². The summed E-state index contributed by atoms with van der Waals surface area (Å²) >= 11 is 3.55. The van der Waals surface area contributed by atoms with Crippen molar-refractivity contribution < 1.29 is 0 Å². The van der Waals surface area contributed by atoms with Gasteiger partial charge in [0.1, 0.15) is 5.01 Å². The van der Waals surface area contributed by atoms with Gasteiger partial charge < -0.3 is 0 Å². The molecule has 11 aromatic rings. The largest absolute Gasteiger partial charge is 0.278 e. The van der Waals surface area contributed by atoms with E-state index in [2.05, 4.69) is 144 Å². The van der Waals surface area contributed by atoms with Gasteiger partial charge in [-0.2, -0.15) is 9.97 Å². The molecule has 4 aromatic heterocycles. The maximum Gasteiger partial charge on any atom is 0.238 e. The number of para-hydroxylation sites is 3. The van der Waals surface area contributed by atoms with Crippen molar-refractivity contribution in [3.63, 3.8) is 0 Å². The topological polar surface area (TPSA) is 56.5 Å². The van der Waals surface area contributed by atoms with Crippen LogP contribution in [0, 0.1) is 0 Å². The number of thiophene rings is 1. The first-order valence-electron chi connectivity index (χ1n) is 17.5. The number of benzene rings is 7. The molecule has 0 N–H and O–H groups in total. The summed E-state index contributed by atoms with van der Waals surface area (Å²) in [7, 11) is 0. The van der Waals surface area contributed by atoms with E-state index < -0.39 is 0 Å². The molecule has 0 unspecified atom stereocenters. The van der Waals surface area contributed by atoms with E-state index in [1.807, 2.05) is 35.6 Å². The standard InChI is InChI=1S/C46H27N5S2/c1-2-13-28(14-3-1)43-48-44(50-46(49-43)51-37-23-7-4-17-32(37)33-18-5-8-24-38(33)51)35-21-12-26-40-41(35)34-20-11-19-31(42(34)52-40)29-15-10-16-30(27-29)45-47-36-22-6-9-25-39(36)53-45/h1-27H. The van der Waals surface area contributed by atoms with Crippen LogP contribution in [0.2, 0.25) is 0 Å². The van der Waals surface area contributed by atoms with Crippen molar-refractivity contribution in [2.75, 3.05) is 0 Å². The van der Waals surface area contributed by atoms with Crippen molar-refractivity contribution in [1.29, 1.82) is 0 Å². The quantitative estimate of drug-likeness (QED) is 0.178. The second-order valence-corrected chi connectivity index (χ2v) is 15.1. The van der Waals surface area contributed by atoms with Crippen LogP contribution in [-0.4, -0.2) is 24.5 Å². The molecule has 11 rings (SSSR count). The Bertz CT molecular complexity index is 3110. The molecule has 248 valence electrons. The molecular weight excluding hydrogens is 687 g/mol. The van der Waals surface area contributed by atoms with E-state index in [1.54, 1.807) is 11.3 Å². The monoisotopic (exact) mass is 713 g/mol. The Morgan fingerprint density at radius 3 is 1.87 bits per heavy atom. The molecule has 0 aliphatic heterocycles. The molecule has 0 saturated heterocycles. The molecule has 0 saturated carbocycles. The molecule has 0 amide bonds. The van der Waals surface area contributed by atoms with E-state index in [4.69, 9.17) is 19.9 Å². The van der Waals surface area contributed by atoms with Gasteiger partial charge in [-0.1, -0.05) is 127 Å². The fourth-order valence-electron chi connectivity index (χ4n) is 7.52. The first-order chi connectivity index (χ1) is 26.3. The number of hydrogen-bond donors (Lipinski definition) is 0. The van der Waals surface area contributed by atoms with Crippen LogP contribution in [-0.2, 0) is 0 Å². The number of rotatable bonds is 5. The Hall–Kier alpha value is -6.54. The lowest BCUT2D eigenvalue weighted by molar-refractivity contribution is 0.954. The molecule has 0 spiro atoms. The predicted molar refractivity (Wildman–Crippen MR) is 222 cm³/mol. The van der Waals surface area contributed by atoms with E-state index in [0.29, 0.717) is 17.6 Å². The summed E-state index contributed by atoms with van der Waals surface area (Å²) in [5.74, 6) is 1.87. The molecule has 0 bridgehead atoms. The maximum atomic E-state index is 5.29. The third-order valence-electron chi connectivity index (χ3n) is 9.91. The first kappa shape index (κ1) is 30.1. The van der Waals surface area contributed by atoms with E-state index in [0.717, 1.165) is 54.4 Å². The minimum absolute atomic E-state index is 0.593. The van der Waals surface area contributed by atoms with Crippen LogP contribution in [0.25, 0.3) is 103 Å². The average Bonchev–Trinajstić information content (AvgIpc) is 3.93. The second kappa shape index (κ2) is 12.0. The highest BCUT2D eigenvalue weighted by atomic mass is 32.1. The third-order valence-corrected chi connectivity index (χ3v) is 12.2.